The first-order valence-corrected chi connectivity index (χ1v) is 8.34. The molecule has 1 fully saturated rings. The summed E-state index contributed by atoms with van der Waals surface area (Å²) >= 11 is 5.90. The maximum atomic E-state index is 12.9. The van der Waals surface area contributed by atoms with Crippen molar-refractivity contribution in [3.05, 3.63) is 69.7 Å². The van der Waals surface area contributed by atoms with Gasteiger partial charge in [0.2, 0.25) is 0 Å². The van der Waals surface area contributed by atoms with E-state index < -0.39 is 6.61 Å². The normalized spacial score (nSPS) is 21.0. The second-order valence-electron chi connectivity index (χ2n) is 6.25. The van der Waals surface area contributed by atoms with Crippen molar-refractivity contribution < 1.29 is 14.7 Å². The fourth-order valence-electron chi connectivity index (χ4n) is 3.88. The van der Waals surface area contributed by atoms with E-state index in [0.717, 1.165) is 24.0 Å². The zero-order chi connectivity index (χ0) is 16.8. The van der Waals surface area contributed by atoms with Gasteiger partial charge in [-0.05, 0) is 54.3 Å². The number of nitrogens with zero attached hydrogens (tertiary/aromatic N) is 1. The number of carbonyl (C=O) groups is 2. The van der Waals surface area contributed by atoms with Gasteiger partial charge in [0.05, 0.1) is 12.1 Å². The lowest BCUT2D eigenvalue weighted by Gasteiger charge is -2.22. The van der Waals surface area contributed by atoms with Crippen LogP contribution in [0.15, 0.2) is 42.5 Å². The number of hydrogen-bond donors (Lipinski definition) is 1. The molecule has 122 valence electrons. The lowest BCUT2D eigenvalue weighted by Crippen LogP contribution is -2.27. The van der Waals surface area contributed by atoms with Gasteiger partial charge < -0.3 is 10.0 Å². The number of Topliss-reactive ketones (excluding diaryl/α,β-unsaturated/α-hetero) is 1. The summed E-state index contributed by atoms with van der Waals surface area (Å²) < 4.78 is 0. The third-order valence-corrected chi connectivity index (χ3v) is 5.23. The van der Waals surface area contributed by atoms with Gasteiger partial charge in [-0.1, -0.05) is 23.7 Å². The van der Waals surface area contributed by atoms with Crippen molar-refractivity contribution >= 4 is 23.3 Å². The molecule has 2 aromatic rings. The first kappa shape index (κ1) is 15.4. The monoisotopic (exact) mass is 341 g/mol. The molecule has 2 heterocycles. The molecule has 1 saturated heterocycles. The Bertz CT molecular complexity index is 831. The average Bonchev–Trinajstić information content (AvgIpc) is 3.17. The summed E-state index contributed by atoms with van der Waals surface area (Å²) in [4.78, 5) is 26.6. The van der Waals surface area contributed by atoms with Crippen LogP contribution >= 0.6 is 11.6 Å². The fourth-order valence-corrected chi connectivity index (χ4v) is 4.00. The molecule has 2 aliphatic rings. The van der Waals surface area contributed by atoms with Gasteiger partial charge in [0, 0.05) is 16.1 Å². The first-order valence-electron chi connectivity index (χ1n) is 7.96. The number of aliphatic hydroxyl groups is 1. The Morgan fingerprint density at radius 1 is 1.00 bits per heavy atom. The van der Waals surface area contributed by atoms with Gasteiger partial charge in [0.25, 0.3) is 5.91 Å². The summed E-state index contributed by atoms with van der Waals surface area (Å²) in [6.45, 7) is -0.500. The van der Waals surface area contributed by atoms with Crippen LogP contribution in [0, 0.1) is 0 Å². The summed E-state index contributed by atoms with van der Waals surface area (Å²) in [5, 5.41) is 9.66. The van der Waals surface area contributed by atoms with Crippen LogP contribution < -0.4 is 0 Å². The Labute approximate surface area is 144 Å². The van der Waals surface area contributed by atoms with E-state index in [1.165, 1.54) is 0 Å². The minimum absolute atomic E-state index is 0.000351. The van der Waals surface area contributed by atoms with Crippen LogP contribution in [0.2, 0.25) is 5.02 Å². The molecule has 1 amide bonds. The van der Waals surface area contributed by atoms with Crippen LogP contribution in [-0.2, 0) is 0 Å². The molecule has 0 spiro atoms. The molecule has 2 bridgehead atoms. The van der Waals surface area contributed by atoms with Gasteiger partial charge in [-0.3, -0.25) is 9.59 Å². The minimum atomic E-state index is -0.500. The number of halogens is 1. The fraction of sp³-hybridized carbons (Fsp3) is 0.263. The van der Waals surface area contributed by atoms with E-state index >= 15 is 0 Å². The van der Waals surface area contributed by atoms with Gasteiger partial charge in [0.15, 0.2) is 5.78 Å². The molecule has 2 unspecified atom stereocenters. The highest BCUT2D eigenvalue weighted by atomic mass is 35.5. The van der Waals surface area contributed by atoms with Crippen molar-refractivity contribution in [3.8, 4) is 0 Å². The number of carbonyl (C=O) groups excluding carboxylic acids is 2. The largest absolute Gasteiger partial charge is 0.388 e. The predicted molar refractivity (Wildman–Crippen MR) is 90.2 cm³/mol. The second-order valence-corrected chi connectivity index (χ2v) is 6.69. The maximum Gasteiger partial charge on any atom is 0.254 e. The summed E-state index contributed by atoms with van der Waals surface area (Å²) in [6, 6.07) is 12.5. The van der Waals surface area contributed by atoms with Gasteiger partial charge >= 0.3 is 0 Å². The van der Waals surface area contributed by atoms with Crippen molar-refractivity contribution in [3.63, 3.8) is 0 Å². The third kappa shape index (κ3) is 2.26. The molecule has 4 nitrogen and oxygen atoms in total. The number of benzene rings is 2. The Balaban J connectivity index is 1.69. The highest BCUT2D eigenvalue weighted by Gasteiger charge is 2.46. The van der Waals surface area contributed by atoms with E-state index in [4.69, 9.17) is 16.7 Å². The molecular weight excluding hydrogens is 326 g/mol. The lowest BCUT2D eigenvalue weighted by atomic mass is 9.90. The molecule has 0 aliphatic carbocycles. The van der Waals surface area contributed by atoms with E-state index in [1.807, 2.05) is 17.0 Å². The zero-order valence-electron chi connectivity index (χ0n) is 12.9. The summed E-state index contributed by atoms with van der Waals surface area (Å²) in [5.74, 6) is -0.304. The molecule has 1 N–H and O–H groups in total. The average molecular weight is 342 g/mol. The van der Waals surface area contributed by atoms with Gasteiger partial charge in [-0.2, -0.15) is 0 Å². The number of ketones is 1. The second kappa shape index (κ2) is 5.72. The van der Waals surface area contributed by atoms with E-state index in [1.54, 1.807) is 30.3 Å². The van der Waals surface area contributed by atoms with Crippen LogP contribution in [0.1, 0.15) is 56.8 Å². The van der Waals surface area contributed by atoms with Crippen LogP contribution in [0.4, 0.5) is 0 Å². The van der Waals surface area contributed by atoms with Crippen LogP contribution in [0.25, 0.3) is 0 Å². The minimum Gasteiger partial charge on any atom is -0.388 e. The van der Waals surface area contributed by atoms with E-state index in [9.17, 15) is 9.59 Å². The third-order valence-electron chi connectivity index (χ3n) is 4.98. The topological polar surface area (TPSA) is 57.6 Å². The number of aliphatic hydroxyl groups excluding tert-OH is 1. The Kier molecular flexibility index (Phi) is 3.66. The number of amides is 1. The SMILES string of the molecule is O=C(CO)c1ccc2c(c1)C1CCC2N1C(=O)c1ccc(Cl)cc1. The number of fused-ring (bicyclic) bond motifs is 5. The van der Waals surface area contributed by atoms with Crippen molar-refractivity contribution in [1.82, 2.24) is 4.90 Å². The van der Waals surface area contributed by atoms with Gasteiger partial charge in [-0.25, -0.2) is 0 Å². The molecular formula is C19H16ClNO3. The Morgan fingerprint density at radius 2 is 1.62 bits per heavy atom. The molecule has 2 atom stereocenters. The molecule has 4 rings (SSSR count). The van der Waals surface area contributed by atoms with Crippen molar-refractivity contribution in [2.45, 2.75) is 24.9 Å². The zero-order valence-corrected chi connectivity index (χ0v) is 13.7. The molecule has 0 saturated carbocycles. The summed E-state index contributed by atoms with van der Waals surface area (Å²) in [7, 11) is 0. The van der Waals surface area contributed by atoms with Crippen molar-refractivity contribution in [2.75, 3.05) is 6.61 Å². The summed E-state index contributed by atoms with van der Waals surface area (Å²) in [6.07, 6.45) is 1.83. The van der Waals surface area contributed by atoms with Crippen molar-refractivity contribution in [2.24, 2.45) is 0 Å². The van der Waals surface area contributed by atoms with Crippen LogP contribution in [0.5, 0.6) is 0 Å². The Morgan fingerprint density at radius 3 is 2.29 bits per heavy atom. The summed E-state index contributed by atoms with van der Waals surface area (Å²) in [5.41, 5.74) is 3.27. The smallest absolute Gasteiger partial charge is 0.254 e. The van der Waals surface area contributed by atoms with Crippen LogP contribution in [-0.4, -0.2) is 28.3 Å². The van der Waals surface area contributed by atoms with Crippen molar-refractivity contribution in [1.29, 1.82) is 0 Å². The first-order chi connectivity index (χ1) is 11.6. The van der Waals surface area contributed by atoms with E-state index in [-0.39, 0.29) is 23.8 Å². The molecule has 0 aromatic heterocycles. The maximum absolute atomic E-state index is 12.9. The van der Waals surface area contributed by atoms with E-state index in [2.05, 4.69) is 0 Å². The standard InChI is InChI=1S/C19H16ClNO3/c20-13-4-1-11(2-5-13)19(24)21-16-7-8-17(21)15-9-12(18(23)10-22)3-6-14(15)16/h1-6,9,16-17,22H,7-8,10H2. The molecule has 24 heavy (non-hydrogen) atoms. The molecule has 0 radical (unpaired) electrons. The highest BCUT2D eigenvalue weighted by Crippen LogP contribution is 2.53. The highest BCUT2D eigenvalue weighted by molar-refractivity contribution is 6.30. The molecule has 2 aromatic carbocycles. The van der Waals surface area contributed by atoms with Crippen LogP contribution in [0.3, 0.4) is 0 Å². The predicted octanol–water partition coefficient (Wildman–Crippen LogP) is 3.55. The molecule has 5 heteroatoms. The quantitative estimate of drug-likeness (QED) is 0.869. The van der Waals surface area contributed by atoms with E-state index in [0.29, 0.717) is 16.1 Å². The Hall–Kier alpha value is -2.17. The van der Waals surface area contributed by atoms with Gasteiger partial charge in [0.1, 0.15) is 6.61 Å². The lowest BCUT2D eigenvalue weighted by molar-refractivity contribution is 0.0697. The molecule has 2 aliphatic heterocycles. The van der Waals surface area contributed by atoms with Gasteiger partial charge in [-0.15, -0.1) is 0 Å². The number of hydrogen-bond acceptors (Lipinski definition) is 3. The number of rotatable bonds is 3.